The van der Waals surface area contributed by atoms with E-state index in [4.69, 9.17) is 23.9 Å². The van der Waals surface area contributed by atoms with Crippen LogP contribution in [0, 0.1) is 0 Å². The predicted molar refractivity (Wildman–Crippen MR) is 163 cm³/mol. The average molecular weight is 597 g/mol. The van der Waals surface area contributed by atoms with E-state index in [1.807, 2.05) is 32.3 Å². The maximum atomic E-state index is 13.3. The highest BCUT2D eigenvalue weighted by Crippen LogP contribution is 2.33. The molecule has 0 aliphatic carbocycles. The first-order valence-corrected chi connectivity index (χ1v) is 16.9. The number of methoxy groups -OCH3 is 2. The molecule has 0 bridgehead atoms. The number of anilines is 1. The van der Waals surface area contributed by atoms with E-state index in [-0.39, 0.29) is 36.9 Å². The summed E-state index contributed by atoms with van der Waals surface area (Å²) in [6.45, 7) is 9.58. The molecule has 0 radical (unpaired) electrons. The van der Waals surface area contributed by atoms with Crippen LogP contribution < -0.4 is 10.6 Å². The molecule has 13 heteroatoms. The van der Waals surface area contributed by atoms with Crippen LogP contribution >= 0.6 is 10.0 Å². The lowest BCUT2D eigenvalue weighted by molar-refractivity contribution is -0.00286. The minimum atomic E-state index is -0.682. The zero-order valence-electron chi connectivity index (χ0n) is 26.0. The van der Waals surface area contributed by atoms with Crippen LogP contribution in [0.5, 0.6) is 0 Å². The molecule has 0 spiro atoms. The molecule has 1 aliphatic rings. The second kappa shape index (κ2) is 14.0. The summed E-state index contributed by atoms with van der Waals surface area (Å²) < 4.78 is 24.2. The lowest BCUT2D eigenvalue weighted by atomic mass is 10.0. The van der Waals surface area contributed by atoms with Gasteiger partial charge in [-0.3, -0.25) is 4.79 Å². The van der Waals surface area contributed by atoms with Crippen LogP contribution in [0.15, 0.2) is 12.4 Å². The van der Waals surface area contributed by atoms with E-state index < -0.39 is 15.6 Å². The quantitative estimate of drug-likeness (QED) is 0.355. The molecule has 0 saturated carbocycles. The number of carbonyl (C=O) groups excluding carboxylic acids is 2. The van der Waals surface area contributed by atoms with Crippen molar-refractivity contribution in [2.24, 2.45) is 0 Å². The summed E-state index contributed by atoms with van der Waals surface area (Å²) in [7, 11) is 2.57. The lowest BCUT2D eigenvalue weighted by Gasteiger charge is -2.38. The molecule has 232 valence electrons. The van der Waals surface area contributed by atoms with Crippen LogP contribution in [0.1, 0.15) is 44.5 Å². The first kappa shape index (κ1) is 32.9. The normalized spacial score (nSPS) is 19.2. The maximum Gasteiger partial charge on any atom is 0.410 e. The second-order valence-corrected chi connectivity index (χ2v) is 16.9. The molecule has 1 aliphatic heterocycles. The van der Waals surface area contributed by atoms with Crippen molar-refractivity contribution in [3.63, 3.8) is 0 Å². The smallest absolute Gasteiger partial charge is 0.410 e. The lowest BCUT2D eigenvalue weighted by Crippen LogP contribution is -2.53. The van der Waals surface area contributed by atoms with Gasteiger partial charge in [-0.2, -0.15) is 0 Å². The fourth-order valence-electron chi connectivity index (χ4n) is 4.48. The Balaban J connectivity index is 1.86. The maximum absolute atomic E-state index is 13.3. The van der Waals surface area contributed by atoms with Gasteiger partial charge in [0.1, 0.15) is 23.7 Å². The largest absolute Gasteiger partial charge is 0.444 e. The summed E-state index contributed by atoms with van der Waals surface area (Å²) in [5.74, 6) is 1.19. The van der Waals surface area contributed by atoms with Gasteiger partial charge in [-0.15, -0.1) is 0 Å². The fraction of sp³-hybridized carbons (Fsp3) is 0.714. The molecule has 1 fully saturated rings. The number of hydrogen-bond acceptors (Lipinski definition) is 9. The molecule has 0 unspecified atom stereocenters. The topological polar surface area (TPSA) is 129 Å². The molecule has 2 N–H and O–H groups in total. The Labute approximate surface area is 245 Å². The van der Waals surface area contributed by atoms with Crippen molar-refractivity contribution in [3.05, 3.63) is 18.0 Å². The standard InChI is InChI=1S/C28H48N6O6S/c1-19(17-37-5)30-26(35)20-15-34(18-39-12-13-41(7,8)9)25-24(20)32-23(14-29-25)31-21-16-33(11-10-22(21)38-6)27(36)40-28(2,3)4/h14-15,19,21-22H,10-13,16-18H2,1-9H3,(H,30,35)(H,31,32)/t19-,21-,22+/m0/s1. The van der Waals surface area contributed by atoms with Gasteiger partial charge in [0.25, 0.3) is 5.91 Å². The van der Waals surface area contributed by atoms with Gasteiger partial charge in [-0.1, -0.05) is 0 Å². The molecule has 12 nitrogen and oxygen atoms in total. The first-order valence-electron chi connectivity index (χ1n) is 13.9. The van der Waals surface area contributed by atoms with Crippen LogP contribution in [-0.4, -0.2) is 120 Å². The molecule has 3 rings (SSSR count). The molecule has 2 aromatic rings. The number of ether oxygens (including phenoxy) is 4. The molecule has 2 aromatic heterocycles. The number of amides is 2. The van der Waals surface area contributed by atoms with E-state index in [1.54, 1.807) is 31.5 Å². The van der Waals surface area contributed by atoms with Gasteiger partial charge in [-0.25, -0.2) is 24.8 Å². The van der Waals surface area contributed by atoms with Gasteiger partial charge in [0.05, 0.1) is 37.1 Å². The highest BCUT2D eigenvalue weighted by molar-refractivity contribution is 8.32. The third-order valence-corrected chi connectivity index (χ3v) is 7.90. The number of nitrogens with one attached hydrogen (secondary N) is 2. The Kier molecular flexibility index (Phi) is 11.3. The molecule has 3 heterocycles. The van der Waals surface area contributed by atoms with Crippen molar-refractivity contribution >= 4 is 39.0 Å². The van der Waals surface area contributed by atoms with Gasteiger partial charge in [0.2, 0.25) is 0 Å². The summed E-state index contributed by atoms with van der Waals surface area (Å²) in [5.41, 5.74) is 0.810. The zero-order valence-corrected chi connectivity index (χ0v) is 26.8. The highest BCUT2D eigenvalue weighted by atomic mass is 32.3. The van der Waals surface area contributed by atoms with Crippen molar-refractivity contribution in [1.29, 1.82) is 0 Å². The summed E-state index contributed by atoms with van der Waals surface area (Å²) in [5, 5.41) is 6.35. The number of piperidine rings is 1. The van der Waals surface area contributed by atoms with E-state index in [0.29, 0.717) is 55.3 Å². The minimum Gasteiger partial charge on any atom is -0.444 e. The molecular formula is C28H48N6O6S. The highest BCUT2D eigenvalue weighted by Gasteiger charge is 2.34. The molecule has 3 atom stereocenters. The van der Waals surface area contributed by atoms with Gasteiger partial charge in [-0.05, 0) is 52.9 Å². The number of fused-ring (bicyclic) bond motifs is 1. The number of hydrogen-bond donors (Lipinski definition) is 2. The van der Waals surface area contributed by atoms with E-state index in [1.165, 1.54) is 0 Å². The SMILES string of the molecule is COC[C@H](C)NC(=O)c1cn(COCCS(C)(C)C)c2ncc(N[C@H]3CN(C(=O)OC(C)(C)C)CC[C@H]3OC)nc12. The van der Waals surface area contributed by atoms with Crippen molar-refractivity contribution in [2.75, 3.05) is 70.4 Å². The van der Waals surface area contributed by atoms with Gasteiger partial charge < -0.3 is 39.0 Å². The Hall–Kier alpha value is -2.61. The number of rotatable bonds is 12. The monoisotopic (exact) mass is 596 g/mol. The van der Waals surface area contributed by atoms with Gasteiger partial charge in [0, 0.05) is 45.3 Å². The predicted octanol–water partition coefficient (Wildman–Crippen LogP) is 3.30. The Bertz CT molecular complexity index is 1180. The van der Waals surface area contributed by atoms with Crippen molar-refractivity contribution < 1.29 is 28.5 Å². The number of nitrogens with zero attached hydrogens (tertiary/aromatic N) is 4. The van der Waals surface area contributed by atoms with Crippen LogP contribution in [0.4, 0.5) is 10.6 Å². The molecular weight excluding hydrogens is 548 g/mol. The average Bonchev–Trinajstić information content (AvgIpc) is 3.23. The van der Waals surface area contributed by atoms with Crippen molar-refractivity contribution in [2.45, 2.75) is 64.6 Å². The third kappa shape index (κ3) is 9.73. The molecule has 1 saturated heterocycles. The minimum absolute atomic E-state index is 0.146. The first-order chi connectivity index (χ1) is 19.2. The summed E-state index contributed by atoms with van der Waals surface area (Å²) in [4.78, 5) is 37.1. The second-order valence-electron chi connectivity index (χ2n) is 12.3. The van der Waals surface area contributed by atoms with E-state index in [0.717, 1.165) is 5.75 Å². The van der Waals surface area contributed by atoms with Crippen LogP contribution in [0.3, 0.4) is 0 Å². The van der Waals surface area contributed by atoms with E-state index in [9.17, 15) is 9.59 Å². The number of likely N-dealkylation sites (tertiary alicyclic amines) is 1. The number of carbonyl (C=O) groups is 2. The molecule has 0 aromatic carbocycles. The Morgan fingerprint density at radius 2 is 1.95 bits per heavy atom. The zero-order chi connectivity index (χ0) is 30.4. The van der Waals surface area contributed by atoms with E-state index in [2.05, 4.69) is 34.4 Å². The molecule has 2 amide bonds. The summed E-state index contributed by atoms with van der Waals surface area (Å²) >= 11 is 0. The van der Waals surface area contributed by atoms with Crippen LogP contribution in [-0.2, 0) is 25.7 Å². The summed E-state index contributed by atoms with van der Waals surface area (Å²) in [6, 6.07) is -0.438. The van der Waals surface area contributed by atoms with E-state index >= 15 is 0 Å². The van der Waals surface area contributed by atoms with Crippen LogP contribution in [0.25, 0.3) is 11.2 Å². The van der Waals surface area contributed by atoms with Gasteiger partial charge >= 0.3 is 6.09 Å². The number of aromatic nitrogens is 3. The Morgan fingerprint density at radius 1 is 1.22 bits per heavy atom. The summed E-state index contributed by atoms with van der Waals surface area (Å²) in [6.07, 6.45) is 10.2. The van der Waals surface area contributed by atoms with Gasteiger partial charge in [0.15, 0.2) is 5.65 Å². The Morgan fingerprint density at radius 3 is 2.59 bits per heavy atom. The van der Waals surface area contributed by atoms with Crippen molar-refractivity contribution in [3.8, 4) is 0 Å². The third-order valence-electron chi connectivity index (χ3n) is 6.51. The molecule has 41 heavy (non-hydrogen) atoms. The van der Waals surface area contributed by atoms with Crippen molar-refractivity contribution in [1.82, 2.24) is 24.8 Å². The fourth-order valence-corrected chi connectivity index (χ4v) is 5.10. The van der Waals surface area contributed by atoms with Crippen LogP contribution in [0.2, 0.25) is 0 Å².